The van der Waals surface area contributed by atoms with Gasteiger partial charge >= 0.3 is 0 Å². The maximum Gasteiger partial charge on any atom is 0.284 e. The fourth-order valence-electron chi connectivity index (χ4n) is 2.63. The second-order valence-corrected chi connectivity index (χ2v) is 5.88. The van der Waals surface area contributed by atoms with E-state index in [2.05, 4.69) is 32.9 Å². The van der Waals surface area contributed by atoms with Crippen LogP contribution in [0.1, 0.15) is 27.4 Å². The molecule has 0 atom stereocenters. The molecule has 3 aromatic rings. The average Bonchev–Trinajstić information content (AvgIpc) is 3.35. The maximum atomic E-state index is 11.1. The first kappa shape index (κ1) is 18.2. The molecule has 1 amide bonds. The average molecular weight is 366 g/mol. The number of guanidine groups is 1. The summed E-state index contributed by atoms with van der Waals surface area (Å²) >= 11 is 0. The van der Waals surface area contributed by atoms with Crippen molar-refractivity contribution in [3.63, 3.8) is 0 Å². The number of hydrogen-bond acceptors (Lipinski definition) is 4. The van der Waals surface area contributed by atoms with Crippen molar-refractivity contribution < 1.29 is 9.21 Å². The summed E-state index contributed by atoms with van der Waals surface area (Å²) in [7, 11) is 1.70. The monoisotopic (exact) mass is 366 g/mol. The van der Waals surface area contributed by atoms with Crippen molar-refractivity contribution in [2.24, 2.45) is 10.7 Å². The zero-order valence-electron chi connectivity index (χ0n) is 15.1. The molecule has 0 aliphatic carbocycles. The molecule has 4 N–H and O–H groups in total. The molecule has 0 bridgehead atoms. The summed E-state index contributed by atoms with van der Waals surface area (Å²) in [6.45, 7) is 1.71. The Hall–Kier alpha value is -3.55. The lowest BCUT2D eigenvalue weighted by Crippen LogP contribution is -2.36. The van der Waals surface area contributed by atoms with E-state index in [9.17, 15) is 4.79 Å². The number of rotatable bonds is 7. The van der Waals surface area contributed by atoms with E-state index in [1.54, 1.807) is 25.4 Å². The van der Waals surface area contributed by atoms with Crippen LogP contribution in [-0.2, 0) is 19.6 Å². The van der Waals surface area contributed by atoms with Gasteiger partial charge in [-0.25, -0.2) is 0 Å². The van der Waals surface area contributed by atoms with Crippen molar-refractivity contribution in [1.82, 2.24) is 20.4 Å². The van der Waals surface area contributed by atoms with Gasteiger partial charge in [-0.1, -0.05) is 24.3 Å². The highest BCUT2D eigenvalue weighted by molar-refractivity contribution is 5.89. The SMILES string of the molecule is CN=C(NCc1ccc(C(N)=O)o1)NCc1ccccc1Cn1cccn1. The second kappa shape index (κ2) is 8.70. The lowest BCUT2D eigenvalue weighted by Gasteiger charge is -2.14. The van der Waals surface area contributed by atoms with Gasteiger partial charge in [0.1, 0.15) is 5.76 Å². The van der Waals surface area contributed by atoms with Crippen LogP contribution in [0.2, 0.25) is 0 Å². The van der Waals surface area contributed by atoms with Gasteiger partial charge in [-0.3, -0.25) is 14.5 Å². The van der Waals surface area contributed by atoms with Crippen LogP contribution >= 0.6 is 0 Å². The number of furan rings is 1. The molecule has 8 nitrogen and oxygen atoms in total. The molecule has 27 heavy (non-hydrogen) atoms. The van der Waals surface area contributed by atoms with Gasteiger partial charge in [-0.05, 0) is 29.3 Å². The summed E-state index contributed by atoms with van der Waals surface area (Å²) in [5.74, 6) is 0.784. The first-order valence-electron chi connectivity index (χ1n) is 8.53. The van der Waals surface area contributed by atoms with E-state index in [-0.39, 0.29) is 5.76 Å². The van der Waals surface area contributed by atoms with Crippen LogP contribution < -0.4 is 16.4 Å². The van der Waals surface area contributed by atoms with E-state index in [4.69, 9.17) is 10.2 Å². The summed E-state index contributed by atoms with van der Waals surface area (Å²) in [6.07, 6.45) is 3.71. The van der Waals surface area contributed by atoms with Gasteiger partial charge in [0.05, 0.1) is 13.1 Å². The van der Waals surface area contributed by atoms with Crippen molar-refractivity contribution in [1.29, 1.82) is 0 Å². The minimum atomic E-state index is -0.586. The van der Waals surface area contributed by atoms with Gasteiger partial charge in [-0.2, -0.15) is 5.10 Å². The molecule has 2 heterocycles. The number of carbonyl (C=O) groups excluding carboxylic acids is 1. The second-order valence-electron chi connectivity index (χ2n) is 5.88. The standard InChI is InChI=1S/C19H22N6O2/c1-21-19(23-12-16-7-8-17(27-16)18(20)26)22-11-14-5-2-3-6-15(14)13-25-10-4-9-24-25/h2-10H,11-13H2,1H3,(H2,20,26)(H2,21,22,23). The van der Waals surface area contributed by atoms with Crippen LogP contribution in [0.15, 0.2) is 64.3 Å². The molecule has 140 valence electrons. The Labute approximate surface area is 157 Å². The van der Waals surface area contributed by atoms with E-state index in [1.165, 1.54) is 5.56 Å². The molecule has 0 spiro atoms. The number of amides is 1. The molecule has 0 saturated heterocycles. The molecule has 0 saturated carbocycles. The zero-order valence-corrected chi connectivity index (χ0v) is 15.1. The summed E-state index contributed by atoms with van der Waals surface area (Å²) in [6, 6.07) is 13.4. The lowest BCUT2D eigenvalue weighted by molar-refractivity contribution is 0.0972. The van der Waals surface area contributed by atoms with Crippen LogP contribution in [0.4, 0.5) is 0 Å². The number of primary amides is 1. The molecule has 0 unspecified atom stereocenters. The highest BCUT2D eigenvalue weighted by atomic mass is 16.3. The Morgan fingerprint density at radius 3 is 2.59 bits per heavy atom. The van der Waals surface area contributed by atoms with Crippen LogP contribution in [0, 0.1) is 0 Å². The number of carbonyl (C=O) groups is 1. The third-order valence-electron chi connectivity index (χ3n) is 4.01. The summed E-state index contributed by atoms with van der Waals surface area (Å²) in [4.78, 5) is 15.3. The number of benzene rings is 1. The summed E-state index contributed by atoms with van der Waals surface area (Å²) < 4.78 is 7.24. The molecule has 0 radical (unpaired) electrons. The fraction of sp³-hybridized carbons (Fsp3) is 0.211. The Morgan fingerprint density at radius 1 is 1.15 bits per heavy atom. The van der Waals surface area contributed by atoms with Crippen molar-refractivity contribution >= 4 is 11.9 Å². The topological polar surface area (TPSA) is 110 Å². The third-order valence-corrected chi connectivity index (χ3v) is 4.01. The summed E-state index contributed by atoms with van der Waals surface area (Å²) in [5.41, 5.74) is 7.53. The molecular weight excluding hydrogens is 344 g/mol. The van der Waals surface area contributed by atoms with Crippen molar-refractivity contribution in [2.75, 3.05) is 7.05 Å². The van der Waals surface area contributed by atoms with Gasteiger partial charge in [-0.15, -0.1) is 0 Å². The smallest absolute Gasteiger partial charge is 0.284 e. The number of nitrogens with zero attached hydrogens (tertiary/aromatic N) is 3. The highest BCUT2D eigenvalue weighted by Gasteiger charge is 2.08. The number of nitrogens with two attached hydrogens (primary N) is 1. The molecule has 8 heteroatoms. The normalized spacial score (nSPS) is 11.4. The molecule has 0 aliphatic rings. The fourth-order valence-corrected chi connectivity index (χ4v) is 2.63. The van der Waals surface area contributed by atoms with Gasteiger partial charge in [0.25, 0.3) is 5.91 Å². The zero-order chi connectivity index (χ0) is 19.1. The van der Waals surface area contributed by atoms with E-state index in [0.717, 1.165) is 5.56 Å². The molecule has 1 aromatic carbocycles. The Kier molecular flexibility index (Phi) is 5.88. The number of nitrogens with one attached hydrogen (secondary N) is 2. The Morgan fingerprint density at radius 2 is 1.93 bits per heavy atom. The van der Waals surface area contributed by atoms with E-state index in [1.807, 2.05) is 29.1 Å². The van der Waals surface area contributed by atoms with E-state index < -0.39 is 5.91 Å². The Bertz CT molecular complexity index is 914. The van der Waals surface area contributed by atoms with E-state index in [0.29, 0.717) is 31.4 Å². The van der Waals surface area contributed by atoms with Crippen LogP contribution in [-0.4, -0.2) is 28.7 Å². The number of aliphatic imine (C=N–C) groups is 1. The minimum absolute atomic E-state index is 0.141. The largest absolute Gasteiger partial charge is 0.454 e. The highest BCUT2D eigenvalue weighted by Crippen LogP contribution is 2.10. The molecule has 0 fully saturated rings. The number of hydrogen-bond donors (Lipinski definition) is 3. The van der Waals surface area contributed by atoms with Crippen LogP contribution in [0.25, 0.3) is 0 Å². The third kappa shape index (κ3) is 4.97. The molecule has 0 aliphatic heterocycles. The quantitative estimate of drug-likeness (QED) is 0.433. The molecular formula is C19H22N6O2. The van der Waals surface area contributed by atoms with Gasteiger partial charge in [0, 0.05) is 26.0 Å². The number of aromatic nitrogens is 2. The molecule has 3 rings (SSSR count). The first-order chi connectivity index (χ1) is 13.2. The first-order valence-corrected chi connectivity index (χ1v) is 8.53. The minimum Gasteiger partial charge on any atom is -0.454 e. The van der Waals surface area contributed by atoms with Gasteiger partial charge in [0.2, 0.25) is 0 Å². The van der Waals surface area contributed by atoms with Crippen LogP contribution in [0.3, 0.4) is 0 Å². The Balaban J connectivity index is 1.57. The van der Waals surface area contributed by atoms with Gasteiger partial charge < -0.3 is 20.8 Å². The van der Waals surface area contributed by atoms with Crippen molar-refractivity contribution in [3.05, 3.63) is 77.5 Å². The molecule has 2 aromatic heterocycles. The maximum absolute atomic E-state index is 11.1. The van der Waals surface area contributed by atoms with E-state index >= 15 is 0 Å². The predicted molar refractivity (Wildman–Crippen MR) is 102 cm³/mol. The van der Waals surface area contributed by atoms with Gasteiger partial charge in [0.15, 0.2) is 11.7 Å². The lowest BCUT2D eigenvalue weighted by atomic mass is 10.1. The van der Waals surface area contributed by atoms with Crippen molar-refractivity contribution in [3.8, 4) is 0 Å². The summed E-state index contributed by atoms with van der Waals surface area (Å²) in [5, 5.41) is 10.7. The predicted octanol–water partition coefficient (Wildman–Crippen LogP) is 1.49. The van der Waals surface area contributed by atoms with Crippen molar-refractivity contribution in [2.45, 2.75) is 19.6 Å². The van der Waals surface area contributed by atoms with Crippen LogP contribution in [0.5, 0.6) is 0 Å².